The lowest BCUT2D eigenvalue weighted by molar-refractivity contribution is -0.137. The third kappa shape index (κ3) is 6.13. The number of carboxylic acid groups (broad SMARTS) is 1. The van der Waals surface area contributed by atoms with Crippen LogP contribution in [0.15, 0.2) is 30.3 Å². The number of aromatic nitrogens is 2. The van der Waals surface area contributed by atoms with Crippen LogP contribution in [-0.4, -0.2) is 59.4 Å². The van der Waals surface area contributed by atoms with Gasteiger partial charge in [0.2, 0.25) is 0 Å². The fraction of sp³-hybridized carbons (Fsp3) is 0.400. The van der Waals surface area contributed by atoms with Crippen LogP contribution >= 0.6 is 0 Å². The van der Waals surface area contributed by atoms with Crippen molar-refractivity contribution in [3.8, 4) is 5.75 Å². The Labute approximate surface area is 212 Å². The van der Waals surface area contributed by atoms with Gasteiger partial charge in [0.15, 0.2) is 0 Å². The normalized spacial score (nSPS) is 17.0. The summed E-state index contributed by atoms with van der Waals surface area (Å²) in [4.78, 5) is 22.3. The Morgan fingerprint density at radius 2 is 1.97 bits per heavy atom. The minimum atomic E-state index is -4.64. The summed E-state index contributed by atoms with van der Waals surface area (Å²) in [6, 6.07) is 6.40. The third-order valence-corrected chi connectivity index (χ3v) is 6.27. The van der Waals surface area contributed by atoms with Crippen molar-refractivity contribution >= 4 is 34.2 Å². The number of anilines is 3. The molecule has 0 saturated carbocycles. The molecule has 0 unspecified atom stereocenters. The number of nitrogens with one attached hydrogen (secondary N) is 3. The highest BCUT2D eigenvalue weighted by Crippen LogP contribution is 2.37. The van der Waals surface area contributed by atoms with Crippen molar-refractivity contribution in [2.24, 2.45) is 0 Å². The number of benzene rings is 2. The van der Waals surface area contributed by atoms with Crippen molar-refractivity contribution in [1.82, 2.24) is 14.9 Å². The van der Waals surface area contributed by atoms with Crippen LogP contribution in [0.3, 0.4) is 0 Å². The third-order valence-electron chi connectivity index (χ3n) is 6.27. The molecule has 37 heavy (non-hydrogen) atoms. The predicted molar refractivity (Wildman–Crippen MR) is 135 cm³/mol. The monoisotopic (exact) mass is 518 g/mol. The highest BCUT2D eigenvalue weighted by atomic mass is 19.4. The Hall–Kier alpha value is -3.80. The smallest absolute Gasteiger partial charge is 0.416 e. The number of fused-ring (bicyclic) bond motifs is 1. The molecular weight excluding hydrogens is 489 g/mol. The molecule has 1 fully saturated rings. The zero-order valence-electron chi connectivity index (χ0n) is 20.9. The topological polar surface area (TPSA) is 112 Å². The van der Waals surface area contributed by atoms with Crippen LogP contribution in [0.2, 0.25) is 0 Å². The standard InChI is InChI=1S/C25H29F3N6O3/c1-13(15-7-16(25(26,27)28)9-18(8-15)33-24(35)36)29-23-19-10-21(32-17-5-6-34(3)12-17)22(37-4)11-20(19)30-14(2)31-23/h7-11,13,17,32-33H,5-6,12H2,1-4H3,(H,35,36)(H,29,30,31)/t13-,17+/m1/s1. The van der Waals surface area contributed by atoms with Crippen molar-refractivity contribution < 1.29 is 27.8 Å². The van der Waals surface area contributed by atoms with Crippen molar-refractivity contribution in [3.63, 3.8) is 0 Å². The fourth-order valence-corrected chi connectivity index (χ4v) is 4.49. The molecule has 9 nitrogen and oxygen atoms in total. The first-order valence-corrected chi connectivity index (χ1v) is 11.7. The lowest BCUT2D eigenvalue weighted by Crippen LogP contribution is -2.23. The predicted octanol–water partition coefficient (Wildman–Crippen LogP) is 5.34. The van der Waals surface area contributed by atoms with Gasteiger partial charge in [-0.15, -0.1) is 0 Å². The maximum atomic E-state index is 13.5. The number of halogens is 3. The van der Waals surface area contributed by atoms with Gasteiger partial charge in [-0.3, -0.25) is 5.32 Å². The van der Waals surface area contributed by atoms with Crippen LogP contribution in [0.1, 0.15) is 36.3 Å². The molecule has 1 amide bonds. The van der Waals surface area contributed by atoms with Gasteiger partial charge in [-0.1, -0.05) is 0 Å². The van der Waals surface area contributed by atoms with Gasteiger partial charge in [-0.25, -0.2) is 14.8 Å². The zero-order chi connectivity index (χ0) is 26.9. The van der Waals surface area contributed by atoms with Crippen LogP contribution in [0.5, 0.6) is 5.75 Å². The van der Waals surface area contributed by atoms with Gasteiger partial charge in [0.1, 0.15) is 17.4 Å². The first-order chi connectivity index (χ1) is 17.4. The number of alkyl halides is 3. The SMILES string of the molecule is COc1cc2nc(C)nc(N[C@H](C)c3cc(NC(=O)O)cc(C(F)(F)F)c3)c2cc1N[C@H]1CCN(C)C1. The van der Waals surface area contributed by atoms with E-state index in [-0.39, 0.29) is 17.3 Å². The number of nitrogens with zero attached hydrogens (tertiary/aromatic N) is 3. The van der Waals surface area contributed by atoms with E-state index in [4.69, 9.17) is 9.84 Å². The molecule has 1 aliphatic heterocycles. The van der Waals surface area contributed by atoms with E-state index >= 15 is 0 Å². The molecule has 1 aromatic heterocycles. The van der Waals surface area contributed by atoms with Crippen molar-refractivity contribution in [1.29, 1.82) is 0 Å². The number of likely N-dealkylation sites (N-methyl/N-ethyl adjacent to an activating group) is 1. The zero-order valence-corrected chi connectivity index (χ0v) is 20.9. The van der Waals surface area contributed by atoms with E-state index in [0.29, 0.717) is 28.3 Å². The fourth-order valence-electron chi connectivity index (χ4n) is 4.49. The second kappa shape index (κ2) is 10.3. The largest absolute Gasteiger partial charge is 0.495 e. The molecule has 2 atom stereocenters. The Kier molecular flexibility index (Phi) is 7.30. The summed E-state index contributed by atoms with van der Waals surface area (Å²) >= 11 is 0. The summed E-state index contributed by atoms with van der Waals surface area (Å²) in [6.07, 6.45) is -5.12. The molecule has 0 radical (unpaired) electrons. The van der Waals surface area contributed by atoms with Gasteiger partial charge in [-0.05, 0) is 63.7 Å². The average molecular weight is 519 g/mol. The summed E-state index contributed by atoms with van der Waals surface area (Å²) in [5.74, 6) is 1.54. The molecule has 12 heteroatoms. The van der Waals surface area contributed by atoms with Gasteiger partial charge >= 0.3 is 12.3 Å². The molecule has 3 aromatic rings. The number of ether oxygens (including phenoxy) is 1. The summed E-state index contributed by atoms with van der Waals surface area (Å²) in [5.41, 5.74) is 0.496. The van der Waals surface area contributed by atoms with E-state index in [2.05, 4.69) is 32.5 Å². The van der Waals surface area contributed by atoms with Crippen molar-refractivity contribution in [2.75, 3.05) is 43.2 Å². The highest BCUT2D eigenvalue weighted by molar-refractivity contribution is 5.94. The number of amides is 1. The molecule has 198 valence electrons. The summed E-state index contributed by atoms with van der Waals surface area (Å²) in [7, 11) is 3.64. The number of carbonyl (C=O) groups is 1. The first-order valence-electron chi connectivity index (χ1n) is 11.7. The lowest BCUT2D eigenvalue weighted by Gasteiger charge is -2.21. The van der Waals surface area contributed by atoms with Gasteiger partial charge < -0.3 is 25.4 Å². The van der Waals surface area contributed by atoms with Crippen molar-refractivity contribution in [2.45, 2.75) is 38.5 Å². The highest BCUT2D eigenvalue weighted by Gasteiger charge is 2.32. The van der Waals surface area contributed by atoms with E-state index in [9.17, 15) is 18.0 Å². The molecule has 2 heterocycles. The van der Waals surface area contributed by atoms with Crippen LogP contribution in [0.25, 0.3) is 10.9 Å². The molecule has 0 aliphatic carbocycles. The Balaban J connectivity index is 1.72. The average Bonchev–Trinajstić information content (AvgIpc) is 3.22. The Morgan fingerprint density at radius 1 is 1.22 bits per heavy atom. The Bertz CT molecular complexity index is 1320. The van der Waals surface area contributed by atoms with Crippen molar-refractivity contribution in [3.05, 3.63) is 47.3 Å². The van der Waals surface area contributed by atoms with E-state index in [0.717, 1.165) is 37.3 Å². The van der Waals surface area contributed by atoms with Gasteiger partial charge in [0, 0.05) is 29.7 Å². The summed E-state index contributed by atoms with van der Waals surface area (Å²) < 4.78 is 46.1. The molecule has 0 bridgehead atoms. The van der Waals surface area contributed by atoms with Crippen LogP contribution in [0, 0.1) is 6.92 Å². The molecule has 2 aromatic carbocycles. The number of rotatable bonds is 7. The number of hydrogen-bond donors (Lipinski definition) is 4. The van der Waals surface area contributed by atoms with E-state index in [1.807, 2.05) is 11.4 Å². The number of methoxy groups -OCH3 is 1. The summed E-state index contributed by atoms with van der Waals surface area (Å²) in [6.45, 7) is 5.27. The molecule has 4 N–H and O–H groups in total. The number of likely N-dealkylation sites (tertiary alicyclic amines) is 1. The van der Waals surface area contributed by atoms with Gasteiger partial charge in [0.25, 0.3) is 0 Å². The van der Waals surface area contributed by atoms with Gasteiger partial charge in [-0.2, -0.15) is 13.2 Å². The molecule has 0 spiro atoms. The first kappa shape index (κ1) is 26.3. The molecule has 1 saturated heterocycles. The van der Waals surface area contributed by atoms with Crippen LogP contribution < -0.4 is 20.7 Å². The molecular formula is C25H29F3N6O3. The number of hydrogen-bond acceptors (Lipinski definition) is 7. The van der Waals surface area contributed by atoms with E-state index < -0.39 is 23.9 Å². The minimum absolute atomic E-state index is 0.174. The van der Waals surface area contributed by atoms with Crippen LogP contribution in [-0.2, 0) is 6.18 Å². The second-order valence-electron chi connectivity index (χ2n) is 9.22. The number of aryl methyl sites for hydroxylation is 1. The lowest BCUT2D eigenvalue weighted by atomic mass is 10.0. The maximum absolute atomic E-state index is 13.5. The second-order valence-corrected chi connectivity index (χ2v) is 9.22. The molecule has 1 aliphatic rings. The molecule has 4 rings (SSSR count). The maximum Gasteiger partial charge on any atom is 0.416 e. The van der Waals surface area contributed by atoms with E-state index in [1.165, 1.54) is 6.07 Å². The minimum Gasteiger partial charge on any atom is -0.495 e. The summed E-state index contributed by atoms with van der Waals surface area (Å²) in [5, 5.41) is 18.4. The quantitative estimate of drug-likeness (QED) is 0.332. The van der Waals surface area contributed by atoms with Crippen LogP contribution in [0.4, 0.5) is 35.2 Å². The van der Waals surface area contributed by atoms with Gasteiger partial charge in [0.05, 0.1) is 29.9 Å². The van der Waals surface area contributed by atoms with E-state index in [1.54, 1.807) is 27.0 Å². The Morgan fingerprint density at radius 3 is 2.59 bits per heavy atom.